The topological polar surface area (TPSA) is 128 Å². The van der Waals surface area contributed by atoms with Crippen LogP contribution < -0.4 is 15.4 Å². The molecule has 0 radical (unpaired) electrons. The minimum Gasteiger partial charge on any atom is -0.490 e. The number of carbonyl (C=O) groups is 4. The first-order chi connectivity index (χ1) is 17.0. The van der Waals surface area contributed by atoms with Gasteiger partial charge in [0, 0.05) is 62.6 Å². The average molecular weight is 512 g/mol. The van der Waals surface area contributed by atoms with Crippen LogP contribution in [0.3, 0.4) is 0 Å². The zero-order valence-electron chi connectivity index (χ0n) is 19.3. The molecule has 1 saturated carbocycles. The molecule has 0 spiro atoms. The van der Waals surface area contributed by atoms with Gasteiger partial charge in [-0.2, -0.15) is 13.2 Å². The zero-order valence-corrected chi connectivity index (χ0v) is 19.3. The number of nitrogens with zero attached hydrogens (tertiary/aromatic N) is 2. The summed E-state index contributed by atoms with van der Waals surface area (Å²) < 4.78 is 38.0. The van der Waals surface area contributed by atoms with Gasteiger partial charge < -0.3 is 20.1 Å². The van der Waals surface area contributed by atoms with E-state index in [1.165, 1.54) is 0 Å². The van der Waals surface area contributed by atoms with Crippen molar-refractivity contribution in [2.75, 3.05) is 26.2 Å². The van der Waals surface area contributed by atoms with Gasteiger partial charge in [-0.05, 0) is 18.6 Å². The molecular weight excluding hydrogens is 485 g/mol. The number of ether oxygens (including phenoxy) is 1. The Morgan fingerprint density at radius 2 is 1.78 bits per heavy atom. The van der Waals surface area contributed by atoms with Crippen LogP contribution in [0.2, 0.25) is 0 Å². The molecule has 10 nitrogen and oxygen atoms in total. The molecule has 3 amide bonds. The third kappa shape index (κ3) is 5.62. The van der Waals surface area contributed by atoms with E-state index in [1.807, 2.05) is 12.1 Å². The molecule has 5 rings (SSSR count). The second-order valence-electron chi connectivity index (χ2n) is 9.14. The van der Waals surface area contributed by atoms with E-state index >= 15 is 0 Å². The lowest BCUT2D eigenvalue weighted by Crippen LogP contribution is -2.55. The van der Waals surface area contributed by atoms with Crippen LogP contribution in [0.4, 0.5) is 13.2 Å². The monoisotopic (exact) mass is 512 g/mol. The van der Waals surface area contributed by atoms with E-state index in [9.17, 15) is 27.6 Å². The summed E-state index contributed by atoms with van der Waals surface area (Å²) in [7, 11) is 0. The van der Waals surface area contributed by atoms with Crippen molar-refractivity contribution in [3.63, 3.8) is 0 Å². The van der Waals surface area contributed by atoms with Gasteiger partial charge in [0.05, 0.1) is 6.54 Å². The molecule has 36 heavy (non-hydrogen) atoms. The standard InChI is InChI=1S/C21H26N4O4.C2HF3O2/c26-19-5-4-17(20(27)23-19)25-12-16-15(21(25)28)2-1-3-18(16)29-14-10-13(11-14)24-8-6-22-7-9-24;3-2(4,5)1(6)7/h1-3,13-14,17,22H,4-12H2,(H,23,26,27);(H,6,7)/t13?,14?,17-;/m1./s1. The Balaban J connectivity index is 0.000000384. The predicted molar refractivity (Wildman–Crippen MR) is 118 cm³/mol. The van der Waals surface area contributed by atoms with Gasteiger partial charge in [-0.25, -0.2) is 4.79 Å². The van der Waals surface area contributed by atoms with Gasteiger partial charge in [-0.15, -0.1) is 0 Å². The van der Waals surface area contributed by atoms with Crippen molar-refractivity contribution < 1.29 is 42.2 Å². The Morgan fingerprint density at radius 3 is 2.39 bits per heavy atom. The van der Waals surface area contributed by atoms with Gasteiger partial charge in [0.2, 0.25) is 11.8 Å². The van der Waals surface area contributed by atoms with Crippen LogP contribution >= 0.6 is 0 Å². The highest BCUT2D eigenvalue weighted by Gasteiger charge is 2.41. The molecule has 13 heteroatoms. The largest absolute Gasteiger partial charge is 0.490 e. The van der Waals surface area contributed by atoms with Crippen LogP contribution in [0.15, 0.2) is 18.2 Å². The first-order valence-electron chi connectivity index (χ1n) is 11.7. The number of benzene rings is 1. The minimum absolute atomic E-state index is 0.160. The van der Waals surface area contributed by atoms with Gasteiger partial charge in [-0.1, -0.05) is 6.07 Å². The first-order valence-corrected chi connectivity index (χ1v) is 11.7. The number of carbonyl (C=O) groups excluding carboxylic acids is 3. The molecule has 3 heterocycles. The third-order valence-electron chi connectivity index (χ3n) is 6.81. The van der Waals surface area contributed by atoms with Crippen LogP contribution in [0.25, 0.3) is 0 Å². The highest BCUT2D eigenvalue weighted by molar-refractivity contribution is 6.05. The van der Waals surface area contributed by atoms with E-state index in [4.69, 9.17) is 14.6 Å². The van der Waals surface area contributed by atoms with Crippen LogP contribution in [-0.2, 0) is 20.9 Å². The highest BCUT2D eigenvalue weighted by Crippen LogP contribution is 2.37. The van der Waals surface area contributed by atoms with Gasteiger partial charge in [-0.3, -0.25) is 24.6 Å². The van der Waals surface area contributed by atoms with Crippen LogP contribution in [0.5, 0.6) is 5.75 Å². The van der Waals surface area contributed by atoms with Crippen molar-refractivity contribution >= 4 is 23.7 Å². The second kappa shape index (κ2) is 10.4. The van der Waals surface area contributed by atoms with E-state index in [2.05, 4.69) is 15.5 Å². The normalized spacial score (nSPS) is 26.4. The van der Waals surface area contributed by atoms with Crippen molar-refractivity contribution in [2.24, 2.45) is 0 Å². The molecule has 0 aromatic heterocycles. The smallest absolute Gasteiger partial charge is 0.490 e. The van der Waals surface area contributed by atoms with Gasteiger partial charge in [0.1, 0.15) is 17.9 Å². The van der Waals surface area contributed by atoms with Gasteiger partial charge in [0.25, 0.3) is 5.91 Å². The number of carboxylic acid groups (broad SMARTS) is 1. The van der Waals surface area contributed by atoms with Crippen LogP contribution in [0, 0.1) is 0 Å². The molecule has 0 bridgehead atoms. The molecule has 196 valence electrons. The summed E-state index contributed by atoms with van der Waals surface area (Å²) in [5, 5.41) is 12.8. The summed E-state index contributed by atoms with van der Waals surface area (Å²) in [5.74, 6) is -2.83. The molecule has 3 N–H and O–H groups in total. The Bertz CT molecular complexity index is 1040. The van der Waals surface area contributed by atoms with Crippen molar-refractivity contribution in [1.82, 2.24) is 20.4 Å². The van der Waals surface area contributed by atoms with Crippen molar-refractivity contribution in [2.45, 2.75) is 56.6 Å². The zero-order chi connectivity index (χ0) is 26.0. The van der Waals surface area contributed by atoms with E-state index in [-0.39, 0.29) is 30.2 Å². The minimum atomic E-state index is -5.08. The molecule has 2 saturated heterocycles. The number of carboxylic acids is 1. The summed E-state index contributed by atoms with van der Waals surface area (Å²) in [6.45, 7) is 4.63. The summed E-state index contributed by atoms with van der Waals surface area (Å²) in [4.78, 5) is 49.5. The maximum atomic E-state index is 12.9. The second-order valence-corrected chi connectivity index (χ2v) is 9.14. The number of rotatable bonds is 4. The molecule has 3 aliphatic heterocycles. The number of halogens is 3. The molecule has 1 aliphatic carbocycles. The highest BCUT2D eigenvalue weighted by atomic mass is 19.4. The van der Waals surface area contributed by atoms with Crippen molar-refractivity contribution in [3.05, 3.63) is 29.3 Å². The van der Waals surface area contributed by atoms with Crippen LogP contribution in [0.1, 0.15) is 41.6 Å². The number of piperazine rings is 1. The van der Waals surface area contributed by atoms with Crippen LogP contribution in [-0.4, -0.2) is 89.1 Å². The summed E-state index contributed by atoms with van der Waals surface area (Å²) >= 11 is 0. The van der Waals surface area contributed by atoms with E-state index in [0.717, 1.165) is 50.3 Å². The van der Waals surface area contributed by atoms with E-state index < -0.39 is 18.2 Å². The molecule has 3 fully saturated rings. The quantitative estimate of drug-likeness (QED) is 0.508. The third-order valence-corrected chi connectivity index (χ3v) is 6.81. The lowest BCUT2D eigenvalue weighted by molar-refractivity contribution is -0.192. The average Bonchev–Trinajstić information content (AvgIpc) is 3.13. The van der Waals surface area contributed by atoms with E-state index in [0.29, 0.717) is 24.6 Å². The number of imide groups is 1. The fourth-order valence-corrected chi connectivity index (χ4v) is 4.83. The number of hydrogen-bond acceptors (Lipinski definition) is 7. The number of fused-ring (bicyclic) bond motifs is 1. The molecular formula is C23H27F3N4O6. The molecule has 4 aliphatic rings. The molecule has 1 aromatic rings. The Hall–Kier alpha value is -3.19. The molecule has 1 aromatic carbocycles. The fraction of sp³-hybridized carbons (Fsp3) is 0.565. The number of hydrogen-bond donors (Lipinski definition) is 3. The Kier molecular flexibility index (Phi) is 7.50. The summed E-state index contributed by atoms with van der Waals surface area (Å²) in [6.07, 6.45) is -2.27. The van der Waals surface area contributed by atoms with Gasteiger partial charge >= 0.3 is 12.1 Å². The molecule has 1 atom stereocenters. The molecule has 0 unspecified atom stereocenters. The maximum Gasteiger partial charge on any atom is 0.490 e. The lowest BCUT2D eigenvalue weighted by atomic mass is 9.87. The number of nitrogens with one attached hydrogen (secondary N) is 2. The first kappa shape index (κ1) is 25.9. The number of aliphatic carboxylic acids is 1. The number of amides is 3. The van der Waals surface area contributed by atoms with E-state index in [1.54, 1.807) is 11.0 Å². The maximum absolute atomic E-state index is 12.9. The number of piperidine rings is 1. The van der Waals surface area contributed by atoms with Gasteiger partial charge in [0.15, 0.2) is 0 Å². The summed E-state index contributed by atoms with van der Waals surface area (Å²) in [6, 6.07) is 5.53. The summed E-state index contributed by atoms with van der Waals surface area (Å²) in [5.41, 5.74) is 1.46. The lowest BCUT2D eigenvalue weighted by Gasteiger charge is -2.44. The Labute approximate surface area is 204 Å². The van der Waals surface area contributed by atoms with Crippen molar-refractivity contribution in [3.8, 4) is 5.75 Å². The number of alkyl halides is 3. The fourth-order valence-electron chi connectivity index (χ4n) is 4.83. The SMILES string of the molecule is O=C(O)C(F)(F)F.O=C1CC[C@@H](N2Cc3c(OC4CC(N5CCNCC5)C4)cccc3C2=O)C(=O)N1. The predicted octanol–water partition coefficient (Wildman–Crippen LogP) is 0.896. The van der Waals surface area contributed by atoms with Crippen molar-refractivity contribution in [1.29, 1.82) is 0 Å². The Morgan fingerprint density at radius 1 is 1.11 bits per heavy atom.